The average Bonchev–Trinajstić information content (AvgIpc) is 3.44. The molecule has 3 heterocycles. The molecule has 1 aliphatic carbocycles. The maximum absolute atomic E-state index is 14.6. The second kappa shape index (κ2) is 10.2. The van der Waals surface area contributed by atoms with Crippen LogP contribution in [-0.2, 0) is 0 Å². The highest BCUT2D eigenvalue weighted by Gasteiger charge is 2.30. The normalized spacial score (nSPS) is 13.8. The number of aromatic amines is 1. The van der Waals surface area contributed by atoms with Crippen LogP contribution in [0.25, 0.3) is 22.4 Å². The Kier molecular flexibility index (Phi) is 6.81. The summed E-state index contributed by atoms with van der Waals surface area (Å²) in [6.45, 7) is 0. The molecule has 1 unspecified atom stereocenters. The lowest BCUT2D eigenvalue weighted by Crippen LogP contribution is -2.12. The summed E-state index contributed by atoms with van der Waals surface area (Å²) in [7, 11) is 0. The minimum atomic E-state index is -1.30. The minimum absolute atomic E-state index is 0.156. The summed E-state index contributed by atoms with van der Waals surface area (Å²) >= 11 is 7.06. The molecule has 3 aromatic heterocycles. The summed E-state index contributed by atoms with van der Waals surface area (Å²) in [5.41, 5.74) is 10.7. The number of benzene rings is 1. The summed E-state index contributed by atoms with van der Waals surface area (Å²) in [5.74, 6) is -1.04. The number of aromatic carboxylic acids is 1. The molecule has 12 heteroatoms. The number of pyridine rings is 1. The number of nitrogens with zero attached hydrogens (tertiary/aromatic N) is 4. The first-order valence-electron chi connectivity index (χ1n) is 11.4. The fourth-order valence-electron chi connectivity index (χ4n) is 4.24. The fourth-order valence-corrected chi connectivity index (χ4v) is 5.19. The van der Waals surface area contributed by atoms with Gasteiger partial charge in [0, 0.05) is 33.3 Å². The molecule has 0 aliphatic heterocycles. The number of halogens is 2. The third-order valence-electron chi connectivity index (χ3n) is 6.30. The maximum Gasteiger partial charge on any atom is 0.348 e. The molecule has 37 heavy (non-hydrogen) atoms. The van der Waals surface area contributed by atoms with Gasteiger partial charge in [0.25, 0.3) is 0 Å². The van der Waals surface area contributed by atoms with Crippen LogP contribution < -0.4 is 5.01 Å². The molecule has 4 aromatic rings. The molecule has 1 fully saturated rings. The van der Waals surface area contributed by atoms with Crippen molar-refractivity contribution in [2.45, 2.75) is 25.2 Å². The van der Waals surface area contributed by atoms with Gasteiger partial charge in [-0.3, -0.25) is 10.4 Å². The largest absolute Gasteiger partial charge is 0.477 e. The van der Waals surface area contributed by atoms with E-state index in [1.165, 1.54) is 11.6 Å². The SMILES string of the molecule is N=CN(N=N)c1ccc(Cl)cc1-c1ccc(C(CC2CC2)c2ncc(-c3csc(C(=O)O)c3F)[nH]2)nc1. The highest BCUT2D eigenvalue weighted by molar-refractivity contribution is 7.12. The van der Waals surface area contributed by atoms with Crippen molar-refractivity contribution in [2.75, 3.05) is 5.01 Å². The number of nitrogens with one attached hydrogen (secondary N) is 3. The molecule has 5 rings (SSSR count). The van der Waals surface area contributed by atoms with Gasteiger partial charge in [0.1, 0.15) is 17.0 Å². The number of anilines is 1. The highest BCUT2D eigenvalue weighted by Crippen LogP contribution is 2.41. The van der Waals surface area contributed by atoms with E-state index in [1.807, 2.05) is 12.1 Å². The van der Waals surface area contributed by atoms with E-state index >= 15 is 0 Å². The van der Waals surface area contributed by atoms with Crippen LogP contribution in [0.1, 0.15) is 46.4 Å². The molecule has 0 saturated heterocycles. The number of hydrogen-bond acceptors (Lipinski definition) is 7. The van der Waals surface area contributed by atoms with Gasteiger partial charge in [0.15, 0.2) is 5.82 Å². The monoisotopic (exact) mass is 537 g/mol. The third kappa shape index (κ3) is 5.00. The predicted molar refractivity (Wildman–Crippen MR) is 139 cm³/mol. The number of hydrogen-bond donors (Lipinski definition) is 4. The van der Waals surface area contributed by atoms with Crippen LogP contribution in [0.5, 0.6) is 0 Å². The van der Waals surface area contributed by atoms with E-state index in [9.17, 15) is 14.3 Å². The molecular formula is C25H21ClFN7O2S. The number of imidazole rings is 1. The Hall–Kier alpha value is -3.96. The Morgan fingerprint density at radius 3 is 2.73 bits per heavy atom. The Bertz CT molecular complexity index is 1470. The summed E-state index contributed by atoms with van der Waals surface area (Å²) < 4.78 is 14.6. The van der Waals surface area contributed by atoms with Crippen LogP contribution in [-0.4, -0.2) is 32.4 Å². The van der Waals surface area contributed by atoms with Crippen molar-refractivity contribution in [2.24, 2.45) is 11.1 Å². The Balaban J connectivity index is 1.48. The van der Waals surface area contributed by atoms with Gasteiger partial charge in [0.05, 0.1) is 29.2 Å². The van der Waals surface area contributed by atoms with Crippen LogP contribution in [0.4, 0.5) is 10.1 Å². The molecule has 1 aromatic carbocycles. The van der Waals surface area contributed by atoms with Crippen molar-refractivity contribution in [3.8, 4) is 22.4 Å². The van der Waals surface area contributed by atoms with Crippen molar-refractivity contribution >= 4 is 40.9 Å². The number of carboxylic acids is 1. The van der Waals surface area contributed by atoms with E-state index in [0.29, 0.717) is 33.7 Å². The van der Waals surface area contributed by atoms with Gasteiger partial charge in [0.2, 0.25) is 0 Å². The molecular weight excluding hydrogens is 517 g/mol. The van der Waals surface area contributed by atoms with Gasteiger partial charge in [-0.2, -0.15) is 5.53 Å². The average molecular weight is 538 g/mol. The molecule has 4 N–H and O–H groups in total. The second-order valence-electron chi connectivity index (χ2n) is 8.72. The zero-order chi connectivity index (χ0) is 26.1. The summed E-state index contributed by atoms with van der Waals surface area (Å²) in [6, 6.07) is 8.88. The lowest BCUT2D eigenvalue weighted by molar-refractivity contribution is 0.0698. The number of aromatic nitrogens is 3. The van der Waals surface area contributed by atoms with E-state index in [0.717, 1.165) is 53.2 Å². The fraction of sp³-hybridized carbons (Fsp3) is 0.200. The lowest BCUT2D eigenvalue weighted by Gasteiger charge is -2.17. The maximum atomic E-state index is 14.6. The number of H-pyrrole nitrogens is 1. The standard InChI is InChI=1S/C25H21ClFN7O2S/c26-15-4-6-21(34(12-28)33-29)16(8-15)14-3-5-19(30-9-14)17(7-13-1-2-13)24-31-10-20(32-24)18-11-37-23(22(18)27)25(35)36/h3-6,8-13,17,28-29H,1-2,7H2,(H,31,32)(H,35,36). The highest BCUT2D eigenvalue weighted by atomic mass is 35.5. The van der Waals surface area contributed by atoms with E-state index in [1.54, 1.807) is 24.4 Å². The van der Waals surface area contributed by atoms with Crippen LogP contribution in [0.3, 0.4) is 0 Å². The molecule has 0 spiro atoms. The Morgan fingerprint density at radius 2 is 2.11 bits per heavy atom. The minimum Gasteiger partial charge on any atom is -0.477 e. The van der Waals surface area contributed by atoms with Gasteiger partial charge in [-0.15, -0.1) is 11.3 Å². The first-order chi connectivity index (χ1) is 17.9. The van der Waals surface area contributed by atoms with E-state index in [-0.39, 0.29) is 16.4 Å². The van der Waals surface area contributed by atoms with Gasteiger partial charge < -0.3 is 10.1 Å². The number of thiophene rings is 1. The van der Waals surface area contributed by atoms with Crippen LogP contribution >= 0.6 is 22.9 Å². The number of rotatable bonds is 10. The van der Waals surface area contributed by atoms with Crippen molar-refractivity contribution in [3.63, 3.8) is 0 Å². The predicted octanol–water partition coefficient (Wildman–Crippen LogP) is 6.98. The molecule has 188 valence electrons. The Morgan fingerprint density at radius 1 is 1.30 bits per heavy atom. The van der Waals surface area contributed by atoms with Crippen molar-refractivity contribution < 1.29 is 14.3 Å². The zero-order valence-corrected chi connectivity index (χ0v) is 20.9. The smallest absolute Gasteiger partial charge is 0.348 e. The van der Waals surface area contributed by atoms with Crippen LogP contribution in [0.15, 0.2) is 53.3 Å². The van der Waals surface area contributed by atoms with Crippen LogP contribution in [0.2, 0.25) is 5.02 Å². The molecule has 1 aliphatic rings. The van der Waals surface area contributed by atoms with E-state index in [4.69, 9.17) is 27.5 Å². The van der Waals surface area contributed by atoms with Gasteiger partial charge >= 0.3 is 5.97 Å². The Labute approximate surface area is 220 Å². The molecule has 0 bridgehead atoms. The summed E-state index contributed by atoms with van der Waals surface area (Å²) in [5, 5.41) is 23.2. The van der Waals surface area contributed by atoms with Gasteiger partial charge in [-0.1, -0.05) is 35.7 Å². The number of carbonyl (C=O) groups is 1. The van der Waals surface area contributed by atoms with E-state index < -0.39 is 11.8 Å². The third-order valence-corrected chi connectivity index (χ3v) is 7.47. The molecule has 9 nitrogen and oxygen atoms in total. The first-order valence-corrected chi connectivity index (χ1v) is 12.6. The summed E-state index contributed by atoms with van der Waals surface area (Å²) in [4.78, 5) is 23.3. The first kappa shape index (κ1) is 24.7. The van der Waals surface area contributed by atoms with Crippen LogP contribution in [0, 0.1) is 22.7 Å². The van der Waals surface area contributed by atoms with Crippen molar-refractivity contribution in [1.29, 1.82) is 10.9 Å². The van der Waals surface area contributed by atoms with Gasteiger partial charge in [-0.05, 0) is 36.6 Å². The summed E-state index contributed by atoms with van der Waals surface area (Å²) in [6.07, 6.45) is 7.26. The topological polar surface area (TPSA) is 142 Å². The molecule has 1 saturated carbocycles. The van der Waals surface area contributed by atoms with Gasteiger partial charge in [-0.25, -0.2) is 19.2 Å². The number of carboxylic acid groups (broad SMARTS) is 1. The molecule has 0 radical (unpaired) electrons. The van der Waals surface area contributed by atoms with Crippen molar-refractivity contribution in [3.05, 3.63) is 75.3 Å². The quantitative estimate of drug-likeness (QED) is 0.0746. The second-order valence-corrected chi connectivity index (χ2v) is 10.0. The molecule has 1 atom stereocenters. The zero-order valence-electron chi connectivity index (χ0n) is 19.3. The van der Waals surface area contributed by atoms with Crippen molar-refractivity contribution in [1.82, 2.24) is 15.0 Å². The molecule has 0 amide bonds. The van der Waals surface area contributed by atoms with E-state index in [2.05, 4.69) is 15.2 Å². The lowest BCUT2D eigenvalue weighted by atomic mass is 9.95.